The minimum absolute atomic E-state index is 0.0480. The van der Waals surface area contributed by atoms with Gasteiger partial charge < -0.3 is 4.74 Å². The Hall–Kier alpha value is -2.15. The van der Waals surface area contributed by atoms with Gasteiger partial charge in [0.05, 0.1) is 18.9 Å². The summed E-state index contributed by atoms with van der Waals surface area (Å²) < 4.78 is 6.90. The molecule has 0 amide bonds. The molecule has 0 spiro atoms. The van der Waals surface area contributed by atoms with Crippen LogP contribution in [0, 0.1) is 0 Å². The highest BCUT2D eigenvalue weighted by molar-refractivity contribution is 6.30. The van der Waals surface area contributed by atoms with Gasteiger partial charge in [-0.3, -0.25) is 14.8 Å². The molecule has 0 atom stereocenters. The van der Waals surface area contributed by atoms with Gasteiger partial charge in [0.15, 0.2) is 5.65 Å². The monoisotopic (exact) mass is 358 g/mol. The van der Waals surface area contributed by atoms with E-state index in [1.54, 1.807) is 6.20 Å². The number of hydrogen-bond acceptors (Lipinski definition) is 4. The second kappa shape index (κ2) is 7.00. The number of halogens is 1. The Morgan fingerprint density at radius 1 is 1.16 bits per heavy atom. The van der Waals surface area contributed by atoms with Gasteiger partial charge in [-0.2, -0.15) is 0 Å². The molecule has 2 aromatic heterocycles. The first-order valence-corrected chi connectivity index (χ1v) is 8.71. The standard InChI is InChI=1S/C18H19ClN4O2/c19-14-3-1-13(2-4-14)11-15-16(12-22-7-9-25-10-8-22)21-17-5-6-20-23(17)18(15)24/h1-6,20H,7-12H2. The molecule has 0 bridgehead atoms. The molecule has 6 nitrogen and oxygen atoms in total. The van der Waals surface area contributed by atoms with Gasteiger partial charge in [0.2, 0.25) is 0 Å². The maximum atomic E-state index is 12.9. The van der Waals surface area contributed by atoms with E-state index in [1.807, 2.05) is 30.3 Å². The molecule has 1 aromatic carbocycles. The average molecular weight is 359 g/mol. The van der Waals surface area contributed by atoms with Crippen molar-refractivity contribution in [3.8, 4) is 0 Å². The van der Waals surface area contributed by atoms with E-state index in [2.05, 4.69) is 10.00 Å². The summed E-state index contributed by atoms with van der Waals surface area (Å²) >= 11 is 5.97. The van der Waals surface area contributed by atoms with Gasteiger partial charge in [-0.25, -0.2) is 9.50 Å². The number of benzene rings is 1. The van der Waals surface area contributed by atoms with Gasteiger partial charge in [-0.1, -0.05) is 23.7 Å². The molecule has 4 rings (SSSR count). The fraction of sp³-hybridized carbons (Fsp3) is 0.333. The largest absolute Gasteiger partial charge is 0.379 e. The van der Waals surface area contributed by atoms with Gasteiger partial charge in [-0.05, 0) is 17.7 Å². The van der Waals surface area contributed by atoms with Gasteiger partial charge in [0.25, 0.3) is 5.56 Å². The topological polar surface area (TPSA) is 62.6 Å². The number of nitrogens with one attached hydrogen (secondary N) is 1. The Bertz CT molecular complexity index is 926. The van der Waals surface area contributed by atoms with Crippen molar-refractivity contribution in [1.82, 2.24) is 19.5 Å². The Morgan fingerprint density at radius 2 is 1.92 bits per heavy atom. The molecule has 1 aliphatic rings. The van der Waals surface area contributed by atoms with Crippen molar-refractivity contribution in [1.29, 1.82) is 0 Å². The van der Waals surface area contributed by atoms with E-state index < -0.39 is 0 Å². The van der Waals surface area contributed by atoms with Crippen molar-refractivity contribution in [3.63, 3.8) is 0 Å². The molecule has 130 valence electrons. The van der Waals surface area contributed by atoms with Crippen LogP contribution in [-0.4, -0.2) is 45.8 Å². The Balaban J connectivity index is 1.73. The quantitative estimate of drug-likeness (QED) is 0.775. The second-order valence-corrected chi connectivity index (χ2v) is 6.63. The molecule has 25 heavy (non-hydrogen) atoms. The number of aromatic amines is 1. The predicted molar refractivity (Wildman–Crippen MR) is 96.2 cm³/mol. The van der Waals surface area contributed by atoms with Crippen LogP contribution in [0.2, 0.25) is 5.02 Å². The SMILES string of the molecule is O=c1c(Cc2ccc(Cl)cc2)c(CN2CCOCC2)nc2cc[nH]n12. The normalized spacial score (nSPS) is 15.7. The minimum Gasteiger partial charge on any atom is -0.379 e. The molecule has 1 saturated heterocycles. The van der Waals surface area contributed by atoms with E-state index in [1.165, 1.54) is 4.52 Å². The van der Waals surface area contributed by atoms with E-state index >= 15 is 0 Å². The van der Waals surface area contributed by atoms with Crippen molar-refractivity contribution in [2.45, 2.75) is 13.0 Å². The molecular formula is C18H19ClN4O2. The smallest absolute Gasteiger partial charge is 0.276 e. The number of rotatable bonds is 4. The van der Waals surface area contributed by atoms with Crippen LogP contribution in [0.4, 0.5) is 0 Å². The minimum atomic E-state index is -0.0480. The Morgan fingerprint density at radius 3 is 2.68 bits per heavy atom. The number of morpholine rings is 1. The third-order valence-corrected chi connectivity index (χ3v) is 4.75. The molecule has 1 aliphatic heterocycles. The molecule has 7 heteroatoms. The van der Waals surface area contributed by atoms with E-state index in [9.17, 15) is 4.79 Å². The third-order valence-electron chi connectivity index (χ3n) is 4.50. The number of H-pyrrole nitrogens is 1. The number of nitrogens with zero attached hydrogens (tertiary/aromatic N) is 3. The van der Waals surface area contributed by atoms with E-state index in [-0.39, 0.29) is 5.56 Å². The van der Waals surface area contributed by atoms with Gasteiger partial charge in [-0.15, -0.1) is 0 Å². The highest BCUT2D eigenvalue weighted by Gasteiger charge is 2.18. The zero-order chi connectivity index (χ0) is 17.2. The lowest BCUT2D eigenvalue weighted by atomic mass is 10.0. The molecule has 0 aliphatic carbocycles. The number of ether oxygens (including phenoxy) is 1. The van der Waals surface area contributed by atoms with Crippen LogP contribution in [-0.2, 0) is 17.7 Å². The fourth-order valence-corrected chi connectivity index (χ4v) is 3.25. The van der Waals surface area contributed by atoms with Crippen molar-refractivity contribution < 1.29 is 4.74 Å². The van der Waals surface area contributed by atoms with Crippen molar-refractivity contribution in [2.24, 2.45) is 0 Å². The van der Waals surface area contributed by atoms with Crippen LogP contribution in [0.5, 0.6) is 0 Å². The van der Waals surface area contributed by atoms with Crippen LogP contribution >= 0.6 is 11.6 Å². The van der Waals surface area contributed by atoms with Crippen LogP contribution in [0.3, 0.4) is 0 Å². The zero-order valence-electron chi connectivity index (χ0n) is 13.7. The van der Waals surface area contributed by atoms with Crippen LogP contribution in [0.15, 0.2) is 41.3 Å². The zero-order valence-corrected chi connectivity index (χ0v) is 14.5. The first-order chi connectivity index (χ1) is 12.2. The van der Waals surface area contributed by atoms with Gasteiger partial charge in [0.1, 0.15) is 0 Å². The molecule has 0 radical (unpaired) electrons. The molecule has 3 aromatic rings. The number of hydrogen-bond donors (Lipinski definition) is 1. The molecule has 0 unspecified atom stereocenters. The summed E-state index contributed by atoms with van der Waals surface area (Å²) in [5, 5.41) is 3.63. The number of fused-ring (bicyclic) bond motifs is 1. The van der Waals surface area contributed by atoms with Crippen LogP contribution in [0.25, 0.3) is 5.65 Å². The summed E-state index contributed by atoms with van der Waals surface area (Å²) in [5.41, 5.74) is 3.19. The predicted octanol–water partition coefficient (Wildman–Crippen LogP) is 2.10. The van der Waals surface area contributed by atoms with Gasteiger partial charge >= 0.3 is 0 Å². The van der Waals surface area contributed by atoms with Crippen LogP contribution in [0.1, 0.15) is 16.8 Å². The van der Waals surface area contributed by atoms with Gasteiger partial charge in [0, 0.05) is 48.9 Å². The molecular weight excluding hydrogens is 340 g/mol. The summed E-state index contributed by atoms with van der Waals surface area (Å²) in [6.45, 7) is 3.81. The van der Waals surface area contributed by atoms with Crippen molar-refractivity contribution in [2.75, 3.05) is 26.3 Å². The van der Waals surface area contributed by atoms with E-state index in [4.69, 9.17) is 21.3 Å². The fourth-order valence-electron chi connectivity index (χ4n) is 3.13. The van der Waals surface area contributed by atoms with Crippen molar-refractivity contribution in [3.05, 3.63) is 68.7 Å². The lowest BCUT2D eigenvalue weighted by molar-refractivity contribution is 0.0335. The Kier molecular flexibility index (Phi) is 4.57. The summed E-state index contributed by atoms with van der Waals surface area (Å²) in [7, 11) is 0. The summed E-state index contributed by atoms with van der Waals surface area (Å²) in [5.74, 6) is 0. The third kappa shape index (κ3) is 3.46. The summed E-state index contributed by atoms with van der Waals surface area (Å²) in [4.78, 5) is 20.0. The molecule has 0 saturated carbocycles. The maximum Gasteiger partial charge on any atom is 0.276 e. The lowest BCUT2D eigenvalue weighted by Gasteiger charge is -2.26. The molecule has 1 N–H and O–H groups in total. The number of aromatic nitrogens is 3. The lowest BCUT2D eigenvalue weighted by Crippen LogP contribution is -2.37. The highest BCUT2D eigenvalue weighted by atomic mass is 35.5. The highest BCUT2D eigenvalue weighted by Crippen LogP contribution is 2.16. The molecule has 1 fully saturated rings. The van der Waals surface area contributed by atoms with E-state index in [0.29, 0.717) is 29.2 Å². The average Bonchev–Trinajstić information content (AvgIpc) is 3.09. The maximum absolute atomic E-state index is 12.9. The summed E-state index contributed by atoms with van der Waals surface area (Å²) in [6, 6.07) is 9.40. The molecule has 3 heterocycles. The second-order valence-electron chi connectivity index (χ2n) is 6.19. The first kappa shape index (κ1) is 16.3. The summed E-state index contributed by atoms with van der Waals surface area (Å²) in [6.07, 6.45) is 2.26. The Labute approximate surface area is 150 Å². The first-order valence-electron chi connectivity index (χ1n) is 8.33. The van der Waals surface area contributed by atoms with E-state index in [0.717, 1.165) is 37.6 Å². The van der Waals surface area contributed by atoms with Crippen molar-refractivity contribution >= 4 is 17.2 Å². The van der Waals surface area contributed by atoms with Crippen LogP contribution < -0.4 is 5.56 Å².